The Morgan fingerprint density at radius 1 is 1.13 bits per heavy atom. The van der Waals surface area contributed by atoms with E-state index in [2.05, 4.69) is 31.8 Å². The normalized spacial score (nSPS) is 19.8. The van der Waals surface area contributed by atoms with Crippen molar-refractivity contribution in [3.8, 4) is 0 Å². The van der Waals surface area contributed by atoms with E-state index in [4.69, 9.17) is 4.74 Å². The molecule has 2 nitrogen and oxygen atoms in total. The number of piperidine rings is 1. The van der Waals surface area contributed by atoms with Crippen LogP contribution in [0.4, 0.5) is 0 Å². The number of hydrogen-bond donors (Lipinski definition) is 0. The van der Waals surface area contributed by atoms with E-state index >= 15 is 0 Å². The Bertz CT molecular complexity index is 176. The molecule has 1 fully saturated rings. The predicted molar refractivity (Wildman–Crippen MR) is 68.9 cm³/mol. The van der Waals surface area contributed by atoms with Crippen molar-refractivity contribution in [1.82, 2.24) is 4.90 Å². The number of likely N-dealkylation sites (tertiary alicyclic amines) is 1. The zero-order chi connectivity index (χ0) is 11.3. The molecule has 0 saturated carbocycles. The lowest BCUT2D eigenvalue weighted by Gasteiger charge is -2.33. The maximum absolute atomic E-state index is 5.78. The van der Waals surface area contributed by atoms with Crippen LogP contribution in [0.1, 0.15) is 33.1 Å². The summed E-state index contributed by atoms with van der Waals surface area (Å²) in [7, 11) is -1.15. The summed E-state index contributed by atoms with van der Waals surface area (Å²) in [5.74, 6) is 0. The van der Waals surface area contributed by atoms with Gasteiger partial charge in [0.2, 0.25) is 0 Å². The first kappa shape index (κ1) is 13.2. The van der Waals surface area contributed by atoms with Crippen LogP contribution in [0, 0.1) is 0 Å². The van der Waals surface area contributed by atoms with Crippen molar-refractivity contribution >= 4 is 8.07 Å². The SMILES string of the molecule is CC(C)OC[Si](C)(C)CN1CCCCC1. The van der Waals surface area contributed by atoms with Crippen molar-refractivity contribution in [3.63, 3.8) is 0 Å². The Hall–Kier alpha value is 0.137. The van der Waals surface area contributed by atoms with Gasteiger partial charge in [-0.1, -0.05) is 19.5 Å². The summed E-state index contributed by atoms with van der Waals surface area (Å²) >= 11 is 0. The molecule has 90 valence electrons. The van der Waals surface area contributed by atoms with Crippen LogP contribution < -0.4 is 0 Å². The molecule has 0 radical (unpaired) electrons. The Labute approximate surface area is 96.0 Å². The smallest absolute Gasteiger partial charge is 0.0923 e. The van der Waals surface area contributed by atoms with Gasteiger partial charge in [-0.25, -0.2) is 0 Å². The van der Waals surface area contributed by atoms with E-state index in [1.807, 2.05) is 0 Å². The molecule has 0 aliphatic carbocycles. The average Bonchev–Trinajstić information content (AvgIpc) is 2.16. The molecule has 1 saturated heterocycles. The third-order valence-corrected chi connectivity index (χ3v) is 5.16. The molecule has 0 unspecified atom stereocenters. The van der Waals surface area contributed by atoms with Crippen molar-refractivity contribution in [3.05, 3.63) is 0 Å². The molecule has 0 N–H and O–H groups in total. The Morgan fingerprint density at radius 2 is 1.73 bits per heavy atom. The van der Waals surface area contributed by atoms with E-state index in [9.17, 15) is 0 Å². The van der Waals surface area contributed by atoms with Crippen molar-refractivity contribution in [2.24, 2.45) is 0 Å². The van der Waals surface area contributed by atoms with Crippen LogP contribution in [0.25, 0.3) is 0 Å². The highest BCUT2D eigenvalue weighted by atomic mass is 28.3. The van der Waals surface area contributed by atoms with Crippen LogP contribution in [-0.2, 0) is 4.74 Å². The first-order valence-electron chi connectivity index (χ1n) is 6.33. The lowest BCUT2D eigenvalue weighted by atomic mass is 10.1. The minimum absolute atomic E-state index is 0.387. The van der Waals surface area contributed by atoms with Gasteiger partial charge in [0.05, 0.1) is 14.2 Å². The molecular weight excluding hydrogens is 202 g/mol. The number of ether oxygens (including phenoxy) is 1. The molecular formula is C12H27NOSi. The summed E-state index contributed by atoms with van der Waals surface area (Å²) in [6, 6.07) is 0. The molecule has 0 bridgehead atoms. The number of rotatable bonds is 5. The van der Waals surface area contributed by atoms with Gasteiger partial charge in [0.15, 0.2) is 0 Å². The Morgan fingerprint density at radius 3 is 2.27 bits per heavy atom. The average molecular weight is 229 g/mol. The van der Waals surface area contributed by atoms with Crippen LogP contribution >= 0.6 is 0 Å². The number of nitrogens with zero attached hydrogens (tertiary/aromatic N) is 1. The van der Waals surface area contributed by atoms with Gasteiger partial charge in [0.1, 0.15) is 0 Å². The van der Waals surface area contributed by atoms with Crippen molar-refractivity contribution < 1.29 is 4.74 Å². The van der Waals surface area contributed by atoms with Crippen molar-refractivity contribution in [2.45, 2.75) is 52.3 Å². The second-order valence-corrected chi connectivity index (χ2v) is 10.8. The quantitative estimate of drug-likeness (QED) is 0.672. The second kappa shape index (κ2) is 6.02. The Balaban J connectivity index is 2.26. The largest absolute Gasteiger partial charge is 0.382 e. The summed E-state index contributed by atoms with van der Waals surface area (Å²) in [4.78, 5) is 2.65. The zero-order valence-corrected chi connectivity index (χ0v) is 11.9. The van der Waals surface area contributed by atoms with Gasteiger partial charge >= 0.3 is 0 Å². The molecule has 0 atom stereocenters. The summed E-state index contributed by atoms with van der Waals surface area (Å²) in [6.07, 6.45) is 6.95. The zero-order valence-electron chi connectivity index (χ0n) is 10.9. The standard InChI is InChI=1S/C12H27NOSi/c1-12(2)14-11-15(3,4)10-13-8-6-5-7-9-13/h12H,5-11H2,1-4H3. The van der Waals surface area contributed by atoms with Gasteiger partial charge in [-0.05, 0) is 45.9 Å². The fourth-order valence-corrected chi connectivity index (χ4v) is 4.56. The second-order valence-electron chi connectivity index (χ2n) is 5.86. The van der Waals surface area contributed by atoms with Crippen molar-refractivity contribution in [1.29, 1.82) is 0 Å². The topological polar surface area (TPSA) is 12.5 Å². The molecule has 15 heavy (non-hydrogen) atoms. The monoisotopic (exact) mass is 229 g/mol. The molecule has 1 rings (SSSR count). The van der Waals surface area contributed by atoms with E-state index in [0.717, 1.165) is 6.23 Å². The summed E-state index contributed by atoms with van der Waals surface area (Å²) in [6.45, 7) is 11.8. The maximum atomic E-state index is 5.78. The fraction of sp³-hybridized carbons (Fsp3) is 1.00. The van der Waals surface area contributed by atoms with Crippen LogP contribution in [0.15, 0.2) is 0 Å². The fourth-order valence-electron chi connectivity index (χ4n) is 2.16. The maximum Gasteiger partial charge on any atom is 0.0923 e. The van der Waals surface area contributed by atoms with Crippen molar-refractivity contribution in [2.75, 3.05) is 25.5 Å². The first-order valence-corrected chi connectivity index (χ1v) is 9.75. The molecule has 3 heteroatoms. The van der Waals surface area contributed by atoms with Crippen LogP contribution in [-0.4, -0.2) is 44.6 Å². The van der Waals surface area contributed by atoms with Crippen LogP contribution in [0.2, 0.25) is 13.1 Å². The van der Waals surface area contributed by atoms with E-state index in [0.29, 0.717) is 6.10 Å². The van der Waals surface area contributed by atoms with E-state index in [1.54, 1.807) is 0 Å². The predicted octanol–water partition coefficient (Wildman–Crippen LogP) is 2.68. The molecule has 0 aromatic heterocycles. The third-order valence-electron chi connectivity index (χ3n) is 2.91. The molecule has 0 spiro atoms. The lowest BCUT2D eigenvalue weighted by Crippen LogP contribution is -2.48. The summed E-state index contributed by atoms with van der Waals surface area (Å²) in [5.41, 5.74) is 0. The highest BCUT2D eigenvalue weighted by Gasteiger charge is 2.25. The number of hydrogen-bond acceptors (Lipinski definition) is 2. The van der Waals surface area contributed by atoms with Gasteiger partial charge in [-0.3, -0.25) is 0 Å². The van der Waals surface area contributed by atoms with Gasteiger partial charge in [0.25, 0.3) is 0 Å². The third kappa shape index (κ3) is 5.69. The highest BCUT2D eigenvalue weighted by Crippen LogP contribution is 2.13. The Kier molecular flexibility index (Phi) is 5.30. The molecule has 1 aliphatic rings. The lowest BCUT2D eigenvalue weighted by molar-refractivity contribution is 0.109. The minimum Gasteiger partial charge on any atom is -0.382 e. The van der Waals surface area contributed by atoms with E-state index in [1.165, 1.54) is 38.5 Å². The molecule has 0 aromatic carbocycles. The molecule has 0 amide bonds. The van der Waals surface area contributed by atoms with Gasteiger partial charge in [-0.2, -0.15) is 0 Å². The summed E-state index contributed by atoms with van der Waals surface area (Å²) < 4.78 is 5.78. The first-order chi connectivity index (χ1) is 6.99. The highest BCUT2D eigenvalue weighted by molar-refractivity contribution is 6.77. The molecule has 0 aromatic rings. The molecule has 1 aliphatic heterocycles. The van der Waals surface area contributed by atoms with E-state index in [-0.39, 0.29) is 0 Å². The van der Waals surface area contributed by atoms with Gasteiger partial charge in [0, 0.05) is 6.23 Å². The summed E-state index contributed by atoms with van der Waals surface area (Å²) in [5, 5.41) is 0. The van der Waals surface area contributed by atoms with Crippen LogP contribution in [0.3, 0.4) is 0 Å². The van der Waals surface area contributed by atoms with E-state index < -0.39 is 8.07 Å². The van der Waals surface area contributed by atoms with Crippen LogP contribution in [0.5, 0.6) is 0 Å². The van der Waals surface area contributed by atoms with Gasteiger partial charge in [-0.15, -0.1) is 0 Å². The minimum atomic E-state index is -1.15. The van der Waals surface area contributed by atoms with Gasteiger partial charge < -0.3 is 9.64 Å². The molecule has 1 heterocycles.